The molecule has 2 heterocycles. The molecule has 1 unspecified atom stereocenters. The van der Waals surface area contributed by atoms with Crippen molar-refractivity contribution >= 4 is 16.9 Å². The van der Waals surface area contributed by atoms with Crippen LogP contribution in [0.5, 0.6) is 5.75 Å². The molecular weight excluding hydrogens is 362 g/mol. The quantitative estimate of drug-likeness (QED) is 0.559. The highest BCUT2D eigenvalue weighted by Crippen LogP contribution is 2.30. The van der Waals surface area contributed by atoms with Crippen molar-refractivity contribution in [3.8, 4) is 5.75 Å². The highest BCUT2D eigenvalue weighted by atomic mass is 16.5. The van der Waals surface area contributed by atoms with Crippen molar-refractivity contribution in [2.75, 3.05) is 19.7 Å². The molecule has 1 aliphatic rings. The Balaban J connectivity index is 1.50. The molecule has 0 spiro atoms. The van der Waals surface area contributed by atoms with Gasteiger partial charge in [-0.2, -0.15) is 0 Å². The minimum absolute atomic E-state index is 0.162. The van der Waals surface area contributed by atoms with Gasteiger partial charge in [0.15, 0.2) is 0 Å². The number of rotatable bonds is 7. The summed E-state index contributed by atoms with van der Waals surface area (Å²) >= 11 is 0. The Labute approximate surface area is 172 Å². The second-order valence-electron chi connectivity index (χ2n) is 7.91. The van der Waals surface area contributed by atoms with Crippen LogP contribution in [0.25, 0.3) is 11.0 Å². The molecule has 29 heavy (non-hydrogen) atoms. The van der Waals surface area contributed by atoms with Gasteiger partial charge in [0.25, 0.3) is 0 Å². The van der Waals surface area contributed by atoms with E-state index in [-0.39, 0.29) is 11.8 Å². The molecule has 1 saturated heterocycles. The van der Waals surface area contributed by atoms with Crippen LogP contribution in [0.15, 0.2) is 42.5 Å². The first kappa shape index (κ1) is 19.5. The molecular formula is C24H29N3O2. The zero-order valence-electron chi connectivity index (χ0n) is 17.5. The van der Waals surface area contributed by atoms with Crippen molar-refractivity contribution in [3.63, 3.8) is 0 Å². The van der Waals surface area contributed by atoms with Gasteiger partial charge in [-0.05, 0) is 56.5 Å². The Kier molecular flexibility index (Phi) is 5.56. The van der Waals surface area contributed by atoms with E-state index in [2.05, 4.69) is 54.8 Å². The Morgan fingerprint density at radius 2 is 2.00 bits per heavy atom. The second kappa shape index (κ2) is 8.27. The molecule has 3 aromatic rings. The summed E-state index contributed by atoms with van der Waals surface area (Å²) in [6, 6.07) is 14.5. The maximum absolute atomic E-state index is 12.3. The van der Waals surface area contributed by atoms with Crippen molar-refractivity contribution < 1.29 is 9.53 Å². The molecule has 1 amide bonds. The largest absolute Gasteiger partial charge is 0.493 e. The van der Waals surface area contributed by atoms with Gasteiger partial charge in [0, 0.05) is 32.0 Å². The maximum Gasteiger partial charge on any atom is 0.223 e. The van der Waals surface area contributed by atoms with Crippen LogP contribution in [-0.2, 0) is 11.3 Å². The minimum atomic E-state index is 0.162. The van der Waals surface area contributed by atoms with Crippen molar-refractivity contribution in [2.45, 2.75) is 46.1 Å². The first-order chi connectivity index (χ1) is 14.1. The highest BCUT2D eigenvalue weighted by molar-refractivity contribution is 5.80. The fraction of sp³-hybridized carbons (Fsp3) is 0.417. The lowest BCUT2D eigenvalue weighted by Crippen LogP contribution is -2.24. The van der Waals surface area contributed by atoms with E-state index in [1.807, 2.05) is 17.9 Å². The summed E-state index contributed by atoms with van der Waals surface area (Å²) in [6.07, 6.45) is 1.44. The standard InChI is InChI=1S/C24H29N3O2/c1-4-26-16-19(15-23(26)28)24-25-20-8-5-6-9-21(20)27(24)12-7-13-29-22-14-17(2)10-11-18(22)3/h5-6,8-11,14,19H,4,7,12-13,15-16H2,1-3H3. The van der Waals surface area contributed by atoms with E-state index in [0.29, 0.717) is 13.0 Å². The molecule has 5 heteroatoms. The lowest BCUT2D eigenvalue weighted by atomic mass is 10.1. The Morgan fingerprint density at radius 1 is 1.17 bits per heavy atom. The number of likely N-dealkylation sites (tertiary alicyclic amines) is 1. The Hall–Kier alpha value is -2.82. The number of para-hydroxylation sites is 2. The number of carbonyl (C=O) groups is 1. The molecule has 1 atom stereocenters. The summed E-state index contributed by atoms with van der Waals surface area (Å²) in [4.78, 5) is 19.1. The van der Waals surface area contributed by atoms with E-state index < -0.39 is 0 Å². The van der Waals surface area contributed by atoms with Crippen molar-refractivity contribution in [3.05, 3.63) is 59.4 Å². The topological polar surface area (TPSA) is 47.4 Å². The lowest BCUT2D eigenvalue weighted by Gasteiger charge is -2.16. The summed E-state index contributed by atoms with van der Waals surface area (Å²) in [5, 5.41) is 0. The van der Waals surface area contributed by atoms with Crippen molar-refractivity contribution in [2.24, 2.45) is 0 Å². The van der Waals surface area contributed by atoms with E-state index in [1.165, 1.54) is 5.56 Å². The first-order valence-corrected chi connectivity index (χ1v) is 10.5. The zero-order valence-corrected chi connectivity index (χ0v) is 17.5. The van der Waals surface area contributed by atoms with Crippen molar-refractivity contribution in [1.82, 2.24) is 14.5 Å². The number of imidazole rings is 1. The van der Waals surface area contributed by atoms with Crippen LogP contribution in [-0.4, -0.2) is 40.1 Å². The van der Waals surface area contributed by atoms with E-state index >= 15 is 0 Å². The third kappa shape index (κ3) is 4.00. The number of aromatic nitrogens is 2. The fourth-order valence-corrected chi connectivity index (χ4v) is 4.16. The summed E-state index contributed by atoms with van der Waals surface area (Å²) in [5.41, 5.74) is 4.50. The van der Waals surface area contributed by atoms with Crippen molar-refractivity contribution in [1.29, 1.82) is 0 Å². The van der Waals surface area contributed by atoms with Gasteiger partial charge in [0.1, 0.15) is 11.6 Å². The molecule has 1 fully saturated rings. The molecule has 5 nitrogen and oxygen atoms in total. The van der Waals surface area contributed by atoms with E-state index in [1.54, 1.807) is 0 Å². The van der Waals surface area contributed by atoms with Crippen LogP contribution in [0.1, 0.15) is 42.6 Å². The van der Waals surface area contributed by atoms with E-state index in [0.717, 1.165) is 54.2 Å². The number of hydrogen-bond acceptors (Lipinski definition) is 3. The predicted molar refractivity (Wildman–Crippen MR) is 115 cm³/mol. The number of likely N-dealkylation sites (N-methyl/N-ethyl adjacent to an activating group) is 1. The van der Waals surface area contributed by atoms with Gasteiger partial charge in [0.05, 0.1) is 17.6 Å². The summed E-state index contributed by atoms with van der Waals surface area (Å²) in [7, 11) is 0. The number of nitrogens with zero attached hydrogens (tertiary/aromatic N) is 3. The molecule has 1 aliphatic heterocycles. The zero-order chi connectivity index (χ0) is 20.4. The Bertz CT molecular complexity index is 1020. The van der Waals surface area contributed by atoms with Gasteiger partial charge in [-0.1, -0.05) is 24.3 Å². The Morgan fingerprint density at radius 3 is 2.79 bits per heavy atom. The van der Waals surface area contributed by atoms with Gasteiger partial charge >= 0.3 is 0 Å². The van der Waals surface area contributed by atoms with Crippen LogP contribution in [0, 0.1) is 13.8 Å². The number of fused-ring (bicyclic) bond motifs is 1. The number of benzene rings is 2. The summed E-state index contributed by atoms with van der Waals surface area (Å²) in [5.74, 6) is 2.38. The molecule has 4 rings (SSSR count). The van der Waals surface area contributed by atoms with Gasteiger partial charge in [-0.25, -0.2) is 4.98 Å². The van der Waals surface area contributed by atoms with Crippen LogP contribution in [0.2, 0.25) is 0 Å². The van der Waals surface area contributed by atoms with Gasteiger partial charge in [-0.15, -0.1) is 0 Å². The highest BCUT2D eigenvalue weighted by Gasteiger charge is 2.33. The van der Waals surface area contributed by atoms with Gasteiger partial charge < -0.3 is 14.2 Å². The molecule has 1 aromatic heterocycles. The second-order valence-corrected chi connectivity index (χ2v) is 7.91. The fourth-order valence-electron chi connectivity index (χ4n) is 4.16. The molecule has 2 aromatic carbocycles. The SMILES string of the molecule is CCN1CC(c2nc3ccccc3n2CCCOc2cc(C)ccc2C)CC1=O. The number of ether oxygens (including phenoxy) is 1. The minimum Gasteiger partial charge on any atom is -0.493 e. The monoisotopic (exact) mass is 391 g/mol. The maximum atomic E-state index is 12.3. The molecule has 0 saturated carbocycles. The number of amides is 1. The number of hydrogen-bond donors (Lipinski definition) is 0. The van der Waals surface area contributed by atoms with Crippen LogP contribution < -0.4 is 4.74 Å². The van der Waals surface area contributed by atoms with E-state index in [4.69, 9.17) is 9.72 Å². The third-order valence-electron chi connectivity index (χ3n) is 5.77. The predicted octanol–water partition coefficient (Wildman–Crippen LogP) is 4.46. The van der Waals surface area contributed by atoms with Gasteiger partial charge in [0.2, 0.25) is 5.91 Å². The van der Waals surface area contributed by atoms with Crippen LogP contribution >= 0.6 is 0 Å². The van der Waals surface area contributed by atoms with Crippen LogP contribution in [0.3, 0.4) is 0 Å². The van der Waals surface area contributed by atoms with Gasteiger partial charge in [-0.3, -0.25) is 4.79 Å². The first-order valence-electron chi connectivity index (χ1n) is 10.5. The summed E-state index contributed by atoms with van der Waals surface area (Å²) < 4.78 is 8.34. The molecule has 0 N–H and O–H groups in total. The van der Waals surface area contributed by atoms with Crippen LogP contribution in [0.4, 0.5) is 0 Å². The molecule has 0 radical (unpaired) electrons. The van der Waals surface area contributed by atoms with E-state index in [9.17, 15) is 4.79 Å². The normalized spacial score (nSPS) is 16.7. The smallest absolute Gasteiger partial charge is 0.223 e. The number of aryl methyl sites for hydroxylation is 3. The third-order valence-corrected chi connectivity index (χ3v) is 5.77. The summed E-state index contributed by atoms with van der Waals surface area (Å²) in [6.45, 7) is 9.20. The molecule has 0 bridgehead atoms. The molecule has 152 valence electrons. The number of carbonyl (C=O) groups excluding carboxylic acids is 1. The average Bonchev–Trinajstić information content (AvgIpc) is 3.28. The lowest BCUT2D eigenvalue weighted by molar-refractivity contribution is -0.127. The molecule has 0 aliphatic carbocycles. The average molecular weight is 392 g/mol.